The van der Waals surface area contributed by atoms with Crippen molar-refractivity contribution < 1.29 is 29.0 Å². The van der Waals surface area contributed by atoms with Crippen LogP contribution in [0.4, 0.5) is 4.79 Å². The minimum Gasteiger partial charge on any atom is -0.497 e. The van der Waals surface area contributed by atoms with E-state index in [0.29, 0.717) is 22.0 Å². The predicted octanol–water partition coefficient (Wildman–Crippen LogP) is 0.945. The van der Waals surface area contributed by atoms with Gasteiger partial charge >= 0.3 is 12.0 Å². The van der Waals surface area contributed by atoms with Gasteiger partial charge in [0, 0.05) is 5.56 Å². The molecule has 1 aliphatic rings. The van der Waals surface area contributed by atoms with Crippen LogP contribution in [-0.2, 0) is 15.1 Å². The van der Waals surface area contributed by atoms with Gasteiger partial charge in [0.1, 0.15) is 23.6 Å². The number of carboxylic acid groups (broad SMARTS) is 1. The van der Waals surface area contributed by atoms with E-state index in [0.717, 1.165) is 0 Å². The summed E-state index contributed by atoms with van der Waals surface area (Å²) in [5.74, 6) is -0.997. The number of urea groups is 1. The van der Waals surface area contributed by atoms with Crippen LogP contribution in [0.2, 0.25) is 0 Å². The summed E-state index contributed by atoms with van der Waals surface area (Å²) in [5, 5.41) is 11.5. The number of nitrogens with one attached hydrogen (secondary N) is 1. The number of aliphatic carboxylic acids is 1. The van der Waals surface area contributed by atoms with Gasteiger partial charge in [0.25, 0.3) is 5.91 Å². The van der Waals surface area contributed by atoms with Crippen molar-refractivity contribution in [3.05, 3.63) is 23.8 Å². The second-order valence-corrected chi connectivity index (χ2v) is 5.04. The molecule has 1 heterocycles. The summed E-state index contributed by atoms with van der Waals surface area (Å²) >= 11 is 0. The lowest BCUT2D eigenvalue weighted by Gasteiger charge is -2.27. The van der Waals surface area contributed by atoms with Gasteiger partial charge in [0.15, 0.2) is 0 Å². The summed E-state index contributed by atoms with van der Waals surface area (Å²) < 4.78 is 10.5. The van der Waals surface area contributed by atoms with Gasteiger partial charge in [-0.2, -0.15) is 0 Å². The van der Waals surface area contributed by atoms with Crippen molar-refractivity contribution in [1.82, 2.24) is 10.2 Å². The van der Waals surface area contributed by atoms with Gasteiger partial charge in [-0.3, -0.25) is 14.5 Å². The van der Waals surface area contributed by atoms with E-state index in [9.17, 15) is 14.4 Å². The molecule has 0 bridgehead atoms. The van der Waals surface area contributed by atoms with E-state index in [1.807, 2.05) is 0 Å². The molecule has 0 radical (unpaired) electrons. The molecule has 0 unspecified atom stereocenters. The van der Waals surface area contributed by atoms with Gasteiger partial charge in [0.2, 0.25) is 0 Å². The molecular weight excluding hydrogens is 304 g/mol. The fraction of sp³-hybridized carbons (Fsp3) is 0.400. The van der Waals surface area contributed by atoms with Gasteiger partial charge in [-0.1, -0.05) is 6.92 Å². The Morgan fingerprint density at radius 1 is 1.30 bits per heavy atom. The number of imide groups is 1. The highest BCUT2D eigenvalue weighted by Crippen LogP contribution is 2.39. The lowest BCUT2D eigenvalue weighted by molar-refractivity contribution is -0.143. The number of carbonyl (C=O) groups excluding carboxylic acids is 2. The molecule has 1 fully saturated rings. The quantitative estimate of drug-likeness (QED) is 0.755. The van der Waals surface area contributed by atoms with Gasteiger partial charge in [-0.25, -0.2) is 4.79 Å². The van der Waals surface area contributed by atoms with Gasteiger partial charge in [0.05, 0.1) is 14.2 Å². The maximum Gasteiger partial charge on any atom is 0.325 e. The number of carbonyl (C=O) groups is 3. The first-order valence-corrected chi connectivity index (χ1v) is 6.98. The van der Waals surface area contributed by atoms with E-state index >= 15 is 0 Å². The van der Waals surface area contributed by atoms with Gasteiger partial charge in [-0.05, 0) is 24.6 Å². The molecule has 124 valence electrons. The molecule has 1 atom stereocenters. The van der Waals surface area contributed by atoms with Crippen molar-refractivity contribution >= 4 is 17.9 Å². The lowest BCUT2D eigenvalue weighted by Crippen LogP contribution is -2.44. The van der Waals surface area contributed by atoms with Gasteiger partial charge < -0.3 is 19.9 Å². The number of nitrogens with zero attached hydrogens (tertiary/aromatic N) is 1. The first-order chi connectivity index (χ1) is 10.9. The lowest BCUT2D eigenvalue weighted by atomic mass is 9.86. The Morgan fingerprint density at radius 3 is 2.52 bits per heavy atom. The number of hydrogen-bond donors (Lipinski definition) is 2. The Kier molecular flexibility index (Phi) is 4.44. The molecule has 0 saturated carbocycles. The molecule has 0 aromatic heterocycles. The van der Waals surface area contributed by atoms with E-state index in [1.165, 1.54) is 14.2 Å². The third kappa shape index (κ3) is 2.67. The van der Waals surface area contributed by atoms with Crippen LogP contribution < -0.4 is 14.8 Å². The Balaban J connectivity index is 2.56. The number of methoxy groups -OCH3 is 2. The summed E-state index contributed by atoms with van der Waals surface area (Å²) in [6.07, 6.45) is 0.233. The fourth-order valence-electron chi connectivity index (χ4n) is 2.67. The molecular formula is C15H18N2O6. The van der Waals surface area contributed by atoms with E-state index < -0.39 is 30.0 Å². The number of rotatable bonds is 6. The Bertz CT molecular complexity index is 659. The molecule has 8 heteroatoms. The fourth-order valence-corrected chi connectivity index (χ4v) is 2.67. The topological polar surface area (TPSA) is 105 Å². The van der Waals surface area contributed by atoms with Crippen molar-refractivity contribution in [2.75, 3.05) is 20.8 Å². The maximum atomic E-state index is 12.8. The van der Waals surface area contributed by atoms with E-state index in [2.05, 4.69) is 5.32 Å². The third-order valence-corrected chi connectivity index (χ3v) is 3.87. The highest BCUT2D eigenvalue weighted by molar-refractivity contribution is 6.09. The predicted molar refractivity (Wildman–Crippen MR) is 79.4 cm³/mol. The Hall–Kier alpha value is -2.77. The largest absolute Gasteiger partial charge is 0.497 e. The van der Waals surface area contributed by atoms with Crippen LogP contribution in [0.25, 0.3) is 0 Å². The average molecular weight is 322 g/mol. The smallest absolute Gasteiger partial charge is 0.325 e. The van der Waals surface area contributed by atoms with E-state index in [4.69, 9.17) is 14.6 Å². The number of ether oxygens (including phenoxy) is 2. The zero-order valence-electron chi connectivity index (χ0n) is 13.1. The van der Waals surface area contributed by atoms with Crippen molar-refractivity contribution in [3.63, 3.8) is 0 Å². The minimum absolute atomic E-state index is 0.233. The molecule has 23 heavy (non-hydrogen) atoms. The minimum atomic E-state index is -1.38. The molecule has 1 aromatic carbocycles. The van der Waals surface area contributed by atoms with Crippen LogP contribution in [0.1, 0.15) is 18.9 Å². The maximum absolute atomic E-state index is 12.8. The molecule has 2 rings (SSSR count). The standard InChI is InChI=1S/C15H18N2O6/c1-4-15(10-7-9(22-2)5-6-11(10)23-3)13(20)17(8-12(18)19)14(21)16-15/h5-7H,4,8H2,1-3H3,(H,16,21)(H,18,19)/t15-/m0/s1. The summed E-state index contributed by atoms with van der Waals surface area (Å²) in [4.78, 5) is 36.4. The van der Waals surface area contributed by atoms with Crippen LogP contribution in [0.5, 0.6) is 11.5 Å². The molecule has 8 nitrogen and oxygen atoms in total. The number of hydrogen-bond acceptors (Lipinski definition) is 5. The van der Waals surface area contributed by atoms with Crippen LogP contribution in [-0.4, -0.2) is 48.7 Å². The number of carboxylic acids is 1. The van der Waals surface area contributed by atoms with Crippen molar-refractivity contribution in [3.8, 4) is 11.5 Å². The summed E-state index contributed by atoms with van der Waals surface area (Å²) in [6, 6.07) is 4.15. The normalized spacial score (nSPS) is 20.4. The van der Waals surface area contributed by atoms with Crippen LogP contribution in [0, 0.1) is 0 Å². The number of amides is 3. The second kappa shape index (κ2) is 6.15. The molecule has 1 aliphatic heterocycles. The molecule has 1 aromatic rings. The van der Waals surface area contributed by atoms with Crippen molar-refractivity contribution in [2.45, 2.75) is 18.9 Å². The average Bonchev–Trinajstić information content (AvgIpc) is 2.78. The van der Waals surface area contributed by atoms with Crippen molar-refractivity contribution in [1.29, 1.82) is 0 Å². The SMILES string of the molecule is CC[C@@]1(c2cc(OC)ccc2OC)NC(=O)N(CC(=O)O)C1=O. The first kappa shape index (κ1) is 16.6. The summed E-state index contributed by atoms with van der Waals surface area (Å²) in [6.45, 7) is 1.03. The highest BCUT2D eigenvalue weighted by Gasteiger charge is 2.53. The third-order valence-electron chi connectivity index (χ3n) is 3.87. The van der Waals surface area contributed by atoms with Crippen molar-refractivity contribution in [2.24, 2.45) is 0 Å². The summed E-state index contributed by atoms with van der Waals surface area (Å²) in [5.41, 5.74) is -0.958. The highest BCUT2D eigenvalue weighted by atomic mass is 16.5. The molecule has 0 spiro atoms. The number of benzene rings is 1. The van der Waals surface area contributed by atoms with Crippen LogP contribution in [0.15, 0.2) is 18.2 Å². The molecule has 0 aliphatic carbocycles. The zero-order valence-corrected chi connectivity index (χ0v) is 13.1. The monoisotopic (exact) mass is 322 g/mol. The molecule has 2 N–H and O–H groups in total. The van der Waals surface area contributed by atoms with E-state index in [1.54, 1.807) is 25.1 Å². The second-order valence-electron chi connectivity index (χ2n) is 5.04. The Morgan fingerprint density at radius 2 is 2.00 bits per heavy atom. The van der Waals surface area contributed by atoms with Crippen LogP contribution >= 0.6 is 0 Å². The zero-order chi connectivity index (χ0) is 17.2. The molecule has 3 amide bonds. The first-order valence-electron chi connectivity index (χ1n) is 6.98. The molecule has 1 saturated heterocycles. The Labute approximate surface area is 133 Å². The summed E-state index contributed by atoms with van der Waals surface area (Å²) in [7, 11) is 2.93. The van der Waals surface area contributed by atoms with Crippen LogP contribution in [0.3, 0.4) is 0 Å². The van der Waals surface area contributed by atoms with E-state index in [-0.39, 0.29) is 6.42 Å². The van der Waals surface area contributed by atoms with Gasteiger partial charge in [-0.15, -0.1) is 0 Å².